The van der Waals surface area contributed by atoms with Crippen LogP contribution in [0.15, 0.2) is 0 Å². The summed E-state index contributed by atoms with van der Waals surface area (Å²) in [5.41, 5.74) is -0.989. The van der Waals surface area contributed by atoms with Crippen LogP contribution in [-0.2, 0) is 0 Å². The van der Waals surface area contributed by atoms with Crippen molar-refractivity contribution >= 4 is 0 Å². The number of halogens is 1. The number of hydrogen-bond donors (Lipinski definition) is 0. The molecule has 0 aromatic heterocycles. The van der Waals surface area contributed by atoms with Gasteiger partial charge in [0.05, 0.1) is 0 Å². The maximum absolute atomic E-state index is 14.1. The Kier molecular flexibility index (Phi) is 3.57. The number of nitrogens with zero attached hydrogens (tertiary/aromatic N) is 1. The molecule has 1 rings (SSSR count). The molecule has 0 amide bonds. The molecule has 1 nitrogen and oxygen atoms in total. The molecule has 0 aliphatic carbocycles. The van der Waals surface area contributed by atoms with Crippen LogP contribution in [0.3, 0.4) is 0 Å². The summed E-state index contributed by atoms with van der Waals surface area (Å²) in [5, 5.41) is 0. The lowest BCUT2D eigenvalue weighted by molar-refractivity contribution is -0.00159. The fraction of sp³-hybridized carbons (Fsp3) is 1.00. The normalized spacial score (nSPS) is 35.6. The molecule has 0 N–H and O–H groups in total. The van der Waals surface area contributed by atoms with Crippen LogP contribution in [-0.4, -0.2) is 29.7 Å². The van der Waals surface area contributed by atoms with E-state index in [0.717, 1.165) is 13.0 Å². The van der Waals surface area contributed by atoms with E-state index in [1.165, 1.54) is 0 Å². The number of piperidine rings is 1. The number of rotatable bonds is 2. The highest BCUT2D eigenvalue weighted by Crippen LogP contribution is 2.33. The van der Waals surface area contributed by atoms with E-state index in [0.29, 0.717) is 24.4 Å². The van der Waals surface area contributed by atoms with Crippen molar-refractivity contribution in [2.24, 2.45) is 11.8 Å². The first kappa shape index (κ1) is 12.0. The van der Waals surface area contributed by atoms with Gasteiger partial charge in [0.25, 0.3) is 0 Å². The minimum Gasteiger partial charge on any atom is -0.297 e. The smallest absolute Gasteiger partial charge is 0.121 e. The molecule has 84 valence electrons. The molecule has 1 saturated heterocycles. The average Bonchev–Trinajstić information content (AvgIpc) is 2.01. The first-order valence-electron chi connectivity index (χ1n) is 5.75. The third-order valence-corrected chi connectivity index (χ3v) is 3.36. The van der Waals surface area contributed by atoms with Crippen molar-refractivity contribution in [3.05, 3.63) is 0 Å². The van der Waals surface area contributed by atoms with Crippen LogP contribution in [0, 0.1) is 11.8 Å². The summed E-state index contributed by atoms with van der Waals surface area (Å²) in [6.07, 6.45) is 0.730. The van der Waals surface area contributed by atoms with Crippen LogP contribution in [0.1, 0.15) is 41.0 Å². The lowest BCUT2D eigenvalue weighted by atomic mass is 9.81. The van der Waals surface area contributed by atoms with Gasteiger partial charge in [-0.05, 0) is 39.0 Å². The highest BCUT2D eigenvalue weighted by atomic mass is 19.1. The molecule has 2 atom stereocenters. The summed E-state index contributed by atoms with van der Waals surface area (Å²) in [6, 6.07) is 0.464. The van der Waals surface area contributed by atoms with E-state index in [9.17, 15) is 4.39 Å². The lowest BCUT2D eigenvalue weighted by Crippen LogP contribution is -2.51. The van der Waals surface area contributed by atoms with Crippen LogP contribution >= 0.6 is 0 Å². The third kappa shape index (κ3) is 2.94. The molecule has 1 aliphatic heterocycles. The molecule has 0 saturated carbocycles. The minimum absolute atomic E-state index is 0.464. The standard InChI is InChI=1S/C12H24FN/c1-9(2)11-6-12(5,13)8-14(7-11)10(3)4/h9-11H,6-8H2,1-5H3. The molecule has 0 radical (unpaired) electrons. The Morgan fingerprint density at radius 3 is 2.29 bits per heavy atom. The van der Waals surface area contributed by atoms with Crippen LogP contribution in [0.25, 0.3) is 0 Å². The second-order valence-electron chi connectivity index (χ2n) is 5.64. The Labute approximate surface area is 87.7 Å². The molecule has 1 fully saturated rings. The number of hydrogen-bond acceptors (Lipinski definition) is 1. The van der Waals surface area contributed by atoms with Gasteiger partial charge in [-0.15, -0.1) is 0 Å². The molecule has 0 aromatic carbocycles. The van der Waals surface area contributed by atoms with Crippen molar-refractivity contribution in [2.45, 2.75) is 52.8 Å². The monoisotopic (exact) mass is 201 g/mol. The van der Waals surface area contributed by atoms with E-state index in [4.69, 9.17) is 0 Å². The zero-order chi connectivity index (χ0) is 10.9. The lowest BCUT2D eigenvalue weighted by Gasteiger charge is -2.43. The number of likely N-dealkylation sites (tertiary alicyclic amines) is 1. The van der Waals surface area contributed by atoms with Crippen LogP contribution in [0.5, 0.6) is 0 Å². The van der Waals surface area contributed by atoms with Crippen molar-refractivity contribution in [3.63, 3.8) is 0 Å². The second-order valence-corrected chi connectivity index (χ2v) is 5.64. The Hall–Kier alpha value is -0.110. The maximum atomic E-state index is 14.1. The summed E-state index contributed by atoms with van der Waals surface area (Å²) in [7, 11) is 0. The molecule has 2 unspecified atom stereocenters. The molecule has 2 heteroatoms. The molecule has 1 heterocycles. The fourth-order valence-electron chi connectivity index (χ4n) is 2.30. The van der Waals surface area contributed by atoms with Crippen molar-refractivity contribution in [3.8, 4) is 0 Å². The topological polar surface area (TPSA) is 3.24 Å². The van der Waals surface area contributed by atoms with Crippen LogP contribution < -0.4 is 0 Å². The molecule has 0 spiro atoms. The van der Waals surface area contributed by atoms with Gasteiger partial charge in [-0.25, -0.2) is 4.39 Å². The maximum Gasteiger partial charge on any atom is 0.121 e. The molecule has 14 heavy (non-hydrogen) atoms. The van der Waals surface area contributed by atoms with Crippen molar-refractivity contribution < 1.29 is 4.39 Å². The van der Waals surface area contributed by atoms with E-state index < -0.39 is 5.67 Å². The third-order valence-electron chi connectivity index (χ3n) is 3.36. The van der Waals surface area contributed by atoms with Gasteiger partial charge in [0.2, 0.25) is 0 Å². The van der Waals surface area contributed by atoms with Gasteiger partial charge in [-0.2, -0.15) is 0 Å². The predicted octanol–water partition coefficient (Wildman–Crippen LogP) is 3.10. The molecule has 0 aromatic rings. The Morgan fingerprint density at radius 1 is 1.29 bits per heavy atom. The average molecular weight is 201 g/mol. The summed E-state index contributed by atoms with van der Waals surface area (Å²) >= 11 is 0. The van der Waals surface area contributed by atoms with Gasteiger partial charge in [-0.3, -0.25) is 4.90 Å². The van der Waals surface area contributed by atoms with Gasteiger partial charge in [0, 0.05) is 19.1 Å². The van der Waals surface area contributed by atoms with E-state index in [1.807, 2.05) is 0 Å². The largest absolute Gasteiger partial charge is 0.297 e. The molecule has 1 aliphatic rings. The SMILES string of the molecule is CC(C)C1CN(C(C)C)CC(C)(F)C1. The van der Waals surface area contributed by atoms with E-state index in [1.54, 1.807) is 6.92 Å². The van der Waals surface area contributed by atoms with Gasteiger partial charge in [-0.1, -0.05) is 13.8 Å². The molecular weight excluding hydrogens is 177 g/mol. The van der Waals surface area contributed by atoms with Gasteiger partial charge in [0.1, 0.15) is 5.67 Å². The zero-order valence-corrected chi connectivity index (χ0v) is 10.2. The van der Waals surface area contributed by atoms with Crippen molar-refractivity contribution in [1.29, 1.82) is 0 Å². The summed E-state index contributed by atoms with van der Waals surface area (Å²) in [4.78, 5) is 2.27. The number of alkyl halides is 1. The zero-order valence-electron chi connectivity index (χ0n) is 10.2. The minimum atomic E-state index is -0.989. The predicted molar refractivity (Wildman–Crippen MR) is 59.2 cm³/mol. The van der Waals surface area contributed by atoms with E-state index >= 15 is 0 Å². The fourth-order valence-corrected chi connectivity index (χ4v) is 2.30. The van der Waals surface area contributed by atoms with Crippen LogP contribution in [0.4, 0.5) is 4.39 Å². The molecular formula is C12H24FN. The highest BCUT2D eigenvalue weighted by molar-refractivity contribution is 4.90. The summed E-state index contributed by atoms with van der Waals surface area (Å²) in [6.45, 7) is 12.1. The van der Waals surface area contributed by atoms with Crippen LogP contribution in [0.2, 0.25) is 0 Å². The highest BCUT2D eigenvalue weighted by Gasteiger charge is 2.37. The van der Waals surface area contributed by atoms with Crippen molar-refractivity contribution in [2.75, 3.05) is 13.1 Å². The van der Waals surface area contributed by atoms with Crippen molar-refractivity contribution in [1.82, 2.24) is 4.90 Å². The quantitative estimate of drug-likeness (QED) is 0.663. The van der Waals surface area contributed by atoms with E-state index in [-0.39, 0.29) is 0 Å². The first-order valence-corrected chi connectivity index (χ1v) is 5.75. The van der Waals surface area contributed by atoms with Gasteiger partial charge < -0.3 is 0 Å². The molecule has 0 bridgehead atoms. The van der Waals surface area contributed by atoms with Gasteiger partial charge in [0.15, 0.2) is 0 Å². The first-order chi connectivity index (χ1) is 6.32. The summed E-state index contributed by atoms with van der Waals surface area (Å²) in [5.74, 6) is 1.10. The summed E-state index contributed by atoms with van der Waals surface area (Å²) < 4.78 is 14.1. The Morgan fingerprint density at radius 2 is 1.86 bits per heavy atom. The van der Waals surface area contributed by atoms with E-state index in [2.05, 4.69) is 32.6 Å². The Bertz CT molecular complexity index is 169. The van der Waals surface area contributed by atoms with Gasteiger partial charge >= 0.3 is 0 Å². The second kappa shape index (κ2) is 4.18. The Balaban J connectivity index is 2.67.